The maximum absolute atomic E-state index is 5.58. The van der Waals surface area contributed by atoms with Gasteiger partial charge in [-0.2, -0.15) is 0 Å². The molecule has 2 nitrogen and oxygen atoms in total. The van der Waals surface area contributed by atoms with Crippen molar-refractivity contribution in [1.29, 1.82) is 0 Å². The first-order valence-electron chi connectivity index (χ1n) is 6.70. The molecule has 17 heavy (non-hydrogen) atoms. The van der Waals surface area contributed by atoms with Crippen LogP contribution in [-0.2, 0) is 0 Å². The molecule has 0 saturated heterocycles. The first kappa shape index (κ1) is 13.2. The number of nitrogens with one attached hydrogen (secondary N) is 1. The number of halogens is 1. The molecule has 1 aliphatic rings. The molecule has 1 aromatic rings. The summed E-state index contributed by atoms with van der Waals surface area (Å²) in [5.41, 5.74) is 0. The van der Waals surface area contributed by atoms with Gasteiger partial charge in [-0.1, -0.05) is 13.3 Å². The quantitative estimate of drug-likeness (QED) is 0.874. The van der Waals surface area contributed by atoms with Crippen LogP contribution in [0.3, 0.4) is 0 Å². The number of rotatable bonds is 4. The Morgan fingerprint density at radius 2 is 2.06 bits per heavy atom. The SMILES string of the molecule is CCC1CCC(NC(C)c2ccc(Br)o2)CC1. The fourth-order valence-electron chi connectivity index (χ4n) is 2.73. The Morgan fingerprint density at radius 3 is 2.59 bits per heavy atom. The molecule has 1 aromatic heterocycles. The molecular weight excluding hydrogens is 278 g/mol. The van der Waals surface area contributed by atoms with Crippen molar-refractivity contribution in [3.05, 3.63) is 22.6 Å². The average Bonchev–Trinajstić information content (AvgIpc) is 2.77. The van der Waals surface area contributed by atoms with Crippen LogP contribution < -0.4 is 5.32 Å². The third kappa shape index (κ3) is 3.59. The summed E-state index contributed by atoms with van der Waals surface area (Å²) in [6.45, 7) is 4.48. The van der Waals surface area contributed by atoms with E-state index in [1.165, 1.54) is 32.1 Å². The highest BCUT2D eigenvalue weighted by atomic mass is 79.9. The molecule has 1 atom stereocenters. The van der Waals surface area contributed by atoms with E-state index in [1.54, 1.807) is 0 Å². The Hall–Kier alpha value is -0.280. The van der Waals surface area contributed by atoms with Crippen molar-refractivity contribution < 1.29 is 4.42 Å². The molecule has 1 unspecified atom stereocenters. The molecule has 96 valence electrons. The van der Waals surface area contributed by atoms with Crippen molar-refractivity contribution in [2.45, 2.75) is 58.0 Å². The topological polar surface area (TPSA) is 25.2 Å². The van der Waals surface area contributed by atoms with Crippen LogP contribution in [0.2, 0.25) is 0 Å². The van der Waals surface area contributed by atoms with Crippen LogP contribution in [0, 0.1) is 5.92 Å². The smallest absolute Gasteiger partial charge is 0.169 e. The molecule has 0 bridgehead atoms. The maximum Gasteiger partial charge on any atom is 0.169 e. The van der Waals surface area contributed by atoms with E-state index >= 15 is 0 Å². The van der Waals surface area contributed by atoms with Crippen LogP contribution in [0.5, 0.6) is 0 Å². The van der Waals surface area contributed by atoms with E-state index in [-0.39, 0.29) is 0 Å². The summed E-state index contributed by atoms with van der Waals surface area (Å²) in [7, 11) is 0. The van der Waals surface area contributed by atoms with Crippen molar-refractivity contribution in [1.82, 2.24) is 5.32 Å². The largest absolute Gasteiger partial charge is 0.453 e. The molecule has 0 amide bonds. The third-order valence-electron chi connectivity index (χ3n) is 3.93. The summed E-state index contributed by atoms with van der Waals surface area (Å²) in [6, 6.07) is 4.97. The van der Waals surface area contributed by atoms with Crippen LogP contribution in [0.25, 0.3) is 0 Å². The predicted octanol–water partition coefficient (Wildman–Crippen LogP) is 4.66. The lowest BCUT2D eigenvalue weighted by Gasteiger charge is -2.30. The number of furan rings is 1. The van der Waals surface area contributed by atoms with Crippen molar-refractivity contribution >= 4 is 15.9 Å². The summed E-state index contributed by atoms with van der Waals surface area (Å²) >= 11 is 3.35. The lowest BCUT2D eigenvalue weighted by atomic mass is 9.84. The second-order valence-electron chi connectivity index (χ2n) is 5.16. The molecule has 0 spiro atoms. The van der Waals surface area contributed by atoms with Crippen LogP contribution in [0.15, 0.2) is 21.2 Å². The Bertz CT molecular complexity index is 342. The van der Waals surface area contributed by atoms with E-state index in [0.717, 1.165) is 16.3 Å². The van der Waals surface area contributed by atoms with E-state index < -0.39 is 0 Å². The lowest BCUT2D eigenvalue weighted by molar-refractivity contribution is 0.263. The Labute approximate surface area is 112 Å². The van der Waals surface area contributed by atoms with E-state index in [0.29, 0.717) is 12.1 Å². The highest BCUT2D eigenvalue weighted by molar-refractivity contribution is 9.10. The monoisotopic (exact) mass is 299 g/mol. The third-order valence-corrected chi connectivity index (χ3v) is 4.36. The van der Waals surface area contributed by atoms with Gasteiger partial charge in [-0.3, -0.25) is 0 Å². The maximum atomic E-state index is 5.58. The fourth-order valence-corrected chi connectivity index (χ4v) is 3.05. The summed E-state index contributed by atoms with van der Waals surface area (Å²) in [6.07, 6.45) is 6.72. The number of hydrogen-bond acceptors (Lipinski definition) is 2. The zero-order valence-electron chi connectivity index (χ0n) is 10.7. The molecule has 0 aliphatic heterocycles. The highest BCUT2D eigenvalue weighted by Crippen LogP contribution is 2.28. The van der Waals surface area contributed by atoms with Gasteiger partial charge in [0.15, 0.2) is 4.67 Å². The van der Waals surface area contributed by atoms with E-state index in [2.05, 4.69) is 35.1 Å². The summed E-state index contributed by atoms with van der Waals surface area (Å²) < 4.78 is 6.40. The molecule has 1 heterocycles. The van der Waals surface area contributed by atoms with Gasteiger partial charge in [-0.25, -0.2) is 0 Å². The highest BCUT2D eigenvalue weighted by Gasteiger charge is 2.22. The van der Waals surface area contributed by atoms with Gasteiger partial charge >= 0.3 is 0 Å². The summed E-state index contributed by atoms with van der Waals surface area (Å²) in [5, 5.41) is 3.68. The van der Waals surface area contributed by atoms with Gasteiger partial charge in [0, 0.05) is 6.04 Å². The Balaban J connectivity index is 1.81. The molecule has 0 aromatic carbocycles. The molecule has 1 N–H and O–H groups in total. The van der Waals surface area contributed by atoms with Gasteiger partial charge in [0.1, 0.15) is 5.76 Å². The van der Waals surface area contributed by atoms with E-state index in [4.69, 9.17) is 4.42 Å². The first-order chi connectivity index (χ1) is 8.19. The molecule has 3 heteroatoms. The van der Waals surface area contributed by atoms with Gasteiger partial charge in [-0.05, 0) is 66.6 Å². The van der Waals surface area contributed by atoms with Crippen LogP contribution >= 0.6 is 15.9 Å². The zero-order valence-corrected chi connectivity index (χ0v) is 12.3. The second kappa shape index (κ2) is 6.05. The predicted molar refractivity (Wildman–Crippen MR) is 74.0 cm³/mol. The fraction of sp³-hybridized carbons (Fsp3) is 0.714. The summed E-state index contributed by atoms with van der Waals surface area (Å²) in [4.78, 5) is 0. The van der Waals surface area contributed by atoms with Gasteiger partial charge in [-0.15, -0.1) is 0 Å². The Kier molecular flexibility index (Phi) is 4.69. The second-order valence-corrected chi connectivity index (χ2v) is 5.94. The first-order valence-corrected chi connectivity index (χ1v) is 7.49. The molecule has 1 saturated carbocycles. The minimum absolute atomic E-state index is 0.310. The van der Waals surface area contributed by atoms with Gasteiger partial charge in [0.2, 0.25) is 0 Å². The lowest BCUT2D eigenvalue weighted by Crippen LogP contribution is -2.34. The van der Waals surface area contributed by atoms with Crippen molar-refractivity contribution in [3.63, 3.8) is 0 Å². The van der Waals surface area contributed by atoms with Gasteiger partial charge in [0.05, 0.1) is 6.04 Å². The normalized spacial score (nSPS) is 27.0. The van der Waals surface area contributed by atoms with E-state index in [9.17, 15) is 0 Å². The minimum atomic E-state index is 0.310. The molecule has 0 radical (unpaired) electrons. The van der Waals surface area contributed by atoms with E-state index in [1.807, 2.05) is 12.1 Å². The van der Waals surface area contributed by atoms with Crippen LogP contribution in [0.4, 0.5) is 0 Å². The Morgan fingerprint density at radius 1 is 1.35 bits per heavy atom. The molecule has 1 fully saturated rings. The average molecular weight is 300 g/mol. The van der Waals surface area contributed by atoms with Gasteiger partial charge < -0.3 is 9.73 Å². The molecular formula is C14H22BrNO. The number of hydrogen-bond donors (Lipinski definition) is 1. The van der Waals surface area contributed by atoms with Crippen LogP contribution in [-0.4, -0.2) is 6.04 Å². The van der Waals surface area contributed by atoms with Gasteiger partial charge in [0.25, 0.3) is 0 Å². The standard InChI is InChI=1S/C14H22BrNO/c1-3-11-4-6-12(7-5-11)16-10(2)13-8-9-14(15)17-13/h8-12,16H,3-7H2,1-2H3. The molecule has 1 aliphatic carbocycles. The van der Waals surface area contributed by atoms with Crippen molar-refractivity contribution in [3.8, 4) is 0 Å². The van der Waals surface area contributed by atoms with Crippen molar-refractivity contribution in [2.24, 2.45) is 5.92 Å². The minimum Gasteiger partial charge on any atom is -0.453 e. The summed E-state index contributed by atoms with van der Waals surface area (Å²) in [5.74, 6) is 1.98. The molecule has 2 rings (SSSR count). The zero-order chi connectivity index (χ0) is 12.3. The van der Waals surface area contributed by atoms with Crippen molar-refractivity contribution in [2.75, 3.05) is 0 Å². The van der Waals surface area contributed by atoms with Crippen LogP contribution in [0.1, 0.15) is 57.8 Å².